The maximum atomic E-state index is 12.8. The number of fused-ring (bicyclic) bond motifs is 2. The lowest BCUT2D eigenvalue weighted by Crippen LogP contribution is -2.23. The van der Waals surface area contributed by atoms with Crippen LogP contribution in [0.5, 0.6) is 5.75 Å². The molecule has 0 spiro atoms. The Morgan fingerprint density at radius 3 is 2.80 bits per heavy atom. The van der Waals surface area contributed by atoms with E-state index in [9.17, 15) is 4.79 Å². The van der Waals surface area contributed by atoms with E-state index in [-0.39, 0.29) is 5.91 Å². The van der Waals surface area contributed by atoms with Crippen LogP contribution in [0, 0.1) is 13.8 Å². The number of aryl methyl sites for hydroxylation is 2. The highest BCUT2D eigenvalue weighted by Crippen LogP contribution is 2.28. The fourth-order valence-electron chi connectivity index (χ4n) is 4.24. The van der Waals surface area contributed by atoms with Crippen molar-refractivity contribution in [1.29, 1.82) is 0 Å². The minimum Gasteiger partial charge on any atom is -0.497 e. The van der Waals surface area contributed by atoms with Crippen molar-refractivity contribution in [3.05, 3.63) is 83.2 Å². The van der Waals surface area contributed by atoms with Crippen LogP contribution in [-0.4, -0.2) is 37.7 Å². The van der Waals surface area contributed by atoms with Gasteiger partial charge in [0.15, 0.2) is 0 Å². The number of anilines is 1. The zero-order chi connectivity index (χ0) is 24.5. The van der Waals surface area contributed by atoms with Crippen LogP contribution in [0.1, 0.15) is 32.9 Å². The van der Waals surface area contributed by atoms with E-state index >= 15 is 0 Å². The quantitative estimate of drug-likeness (QED) is 0.392. The second-order valence-corrected chi connectivity index (χ2v) is 8.41. The lowest BCUT2D eigenvalue weighted by atomic mass is 9.96. The lowest BCUT2D eigenvalue weighted by Gasteiger charge is -2.14. The van der Waals surface area contributed by atoms with E-state index in [0.29, 0.717) is 30.3 Å². The maximum absolute atomic E-state index is 12.8. The second kappa shape index (κ2) is 9.02. The van der Waals surface area contributed by atoms with Crippen LogP contribution >= 0.6 is 0 Å². The number of aromatic nitrogens is 5. The van der Waals surface area contributed by atoms with Crippen LogP contribution in [0.2, 0.25) is 0 Å². The first-order valence-electron chi connectivity index (χ1n) is 11.2. The summed E-state index contributed by atoms with van der Waals surface area (Å²) < 4.78 is 6.90. The minimum absolute atomic E-state index is 0.198. The summed E-state index contributed by atoms with van der Waals surface area (Å²) in [6.45, 7) is 4.80. The number of rotatable bonds is 6. The average molecular weight is 468 g/mol. The number of benzene rings is 2. The Balaban J connectivity index is 1.29. The van der Waals surface area contributed by atoms with E-state index in [1.54, 1.807) is 36.6 Å². The third-order valence-electron chi connectivity index (χ3n) is 6.18. The van der Waals surface area contributed by atoms with Gasteiger partial charge in [-0.05, 0) is 66.3 Å². The van der Waals surface area contributed by atoms with Crippen molar-refractivity contribution in [2.45, 2.75) is 26.9 Å². The predicted octanol–water partition coefficient (Wildman–Crippen LogP) is 3.56. The van der Waals surface area contributed by atoms with Gasteiger partial charge in [-0.1, -0.05) is 0 Å². The third kappa shape index (κ3) is 4.35. The molecule has 3 aromatic heterocycles. The van der Waals surface area contributed by atoms with Crippen LogP contribution in [-0.2, 0) is 13.1 Å². The van der Waals surface area contributed by atoms with Gasteiger partial charge in [-0.3, -0.25) is 9.48 Å². The van der Waals surface area contributed by atoms with E-state index in [4.69, 9.17) is 10.5 Å². The summed E-state index contributed by atoms with van der Waals surface area (Å²) in [5, 5.41) is 10.2. The molecular weight excluding hydrogens is 442 g/mol. The first-order chi connectivity index (χ1) is 16.9. The van der Waals surface area contributed by atoms with E-state index < -0.39 is 0 Å². The monoisotopic (exact) mass is 467 g/mol. The number of amides is 1. The molecule has 35 heavy (non-hydrogen) atoms. The molecule has 176 valence electrons. The van der Waals surface area contributed by atoms with Gasteiger partial charge in [0.2, 0.25) is 0 Å². The fourth-order valence-corrected chi connectivity index (χ4v) is 4.24. The molecule has 9 nitrogen and oxygen atoms in total. The Morgan fingerprint density at radius 2 is 1.97 bits per heavy atom. The summed E-state index contributed by atoms with van der Waals surface area (Å²) in [4.78, 5) is 26.0. The summed E-state index contributed by atoms with van der Waals surface area (Å²) in [5.41, 5.74) is 10.5. The number of methoxy groups -OCH3 is 1. The number of ether oxygens (including phenoxy) is 1. The Hall–Kier alpha value is -4.53. The van der Waals surface area contributed by atoms with Crippen LogP contribution in [0.3, 0.4) is 0 Å². The van der Waals surface area contributed by atoms with Gasteiger partial charge in [-0.15, -0.1) is 0 Å². The average Bonchev–Trinajstić information content (AvgIpc) is 3.32. The van der Waals surface area contributed by atoms with Crippen molar-refractivity contribution in [2.24, 2.45) is 0 Å². The van der Waals surface area contributed by atoms with Crippen molar-refractivity contribution >= 4 is 33.4 Å². The maximum Gasteiger partial charge on any atom is 0.254 e. The zero-order valence-corrected chi connectivity index (χ0v) is 19.7. The summed E-state index contributed by atoms with van der Waals surface area (Å²) >= 11 is 0. The first kappa shape index (κ1) is 22.3. The topological polar surface area (TPSA) is 121 Å². The van der Waals surface area contributed by atoms with E-state index in [1.165, 1.54) is 0 Å². The van der Waals surface area contributed by atoms with Crippen molar-refractivity contribution in [3.8, 4) is 5.75 Å². The van der Waals surface area contributed by atoms with Gasteiger partial charge in [0.25, 0.3) is 5.91 Å². The zero-order valence-electron chi connectivity index (χ0n) is 19.7. The van der Waals surface area contributed by atoms with Gasteiger partial charge in [0, 0.05) is 35.9 Å². The number of nitrogens with two attached hydrogens (primary N) is 1. The largest absolute Gasteiger partial charge is 0.497 e. The van der Waals surface area contributed by atoms with Gasteiger partial charge < -0.3 is 15.8 Å². The van der Waals surface area contributed by atoms with Crippen LogP contribution in [0.15, 0.2) is 55.1 Å². The molecular formula is C26H25N7O2. The molecule has 1 amide bonds. The summed E-state index contributed by atoms with van der Waals surface area (Å²) in [5.74, 6) is 1.67. The SMILES string of the molecule is COc1ccc2nc(Cn3cc(C(=O)NCc4c(C)cc5c(N)nccc5c4C)cn3)ncc2c1. The van der Waals surface area contributed by atoms with Gasteiger partial charge in [0.05, 0.1) is 24.4 Å². The highest BCUT2D eigenvalue weighted by atomic mass is 16.5. The van der Waals surface area contributed by atoms with Crippen molar-refractivity contribution in [3.63, 3.8) is 0 Å². The van der Waals surface area contributed by atoms with Crippen LogP contribution < -0.4 is 15.8 Å². The van der Waals surface area contributed by atoms with Gasteiger partial charge in [0.1, 0.15) is 23.9 Å². The number of nitrogens with one attached hydrogen (secondary N) is 1. The Kier molecular flexibility index (Phi) is 5.74. The number of nitrogens with zero attached hydrogens (tertiary/aromatic N) is 5. The standard InChI is InChI=1S/C26H25N7O2/c1-15-8-21-20(6-7-28-25(21)27)16(2)22(15)12-30-26(34)18-11-31-33(13-18)14-24-29-10-17-9-19(35-3)4-5-23(17)32-24/h4-11,13H,12,14H2,1-3H3,(H2,27,28)(H,30,34). The molecule has 0 atom stereocenters. The van der Waals surface area contributed by atoms with E-state index in [1.807, 2.05) is 44.2 Å². The van der Waals surface area contributed by atoms with E-state index in [2.05, 4.69) is 25.4 Å². The molecule has 0 saturated carbocycles. The number of pyridine rings is 1. The number of nitrogen functional groups attached to an aromatic ring is 1. The molecule has 5 rings (SSSR count). The molecule has 0 unspecified atom stereocenters. The Bertz CT molecular complexity index is 1580. The number of carbonyl (C=O) groups excluding carboxylic acids is 1. The normalized spacial score (nSPS) is 11.2. The van der Waals surface area contributed by atoms with Crippen molar-refractivity contribution in [2.75, 3.05) is 12.8 Å². The van der Waals surface area contributed by atoms with Crippen molar-refractivity contribution in [1.82, 2.24) is 30.0 Å². The molecule has 0 radical (unpaired) electrons. The number of carbonyl (C=O) groups is 1. The molecule has 0 fully saturated rings. The molecule has 9 heteroatoms. The molecule has 0 aliphatic rings. The molecule has 0 aliphatic carbocycles. The molecule has 0 saturated heterocycles. The van der Waals surface area contributed by atoms with Crippen LogP contribution in [0.4, 0.5) is 5.82 Å². The highest BCUT2D eigenvalue weighted by molar-refractivity contribution is 5.95. The van der Waals surface area contributed by atoms with Crippen molar-refractivity contribution < 1.29 is 9.53 Å². The summed E-state index contributed by atoms with van der Waals surface area (Å²) in [6.07, 6.45) is 6.71. The predicted molar refractivity (Wildman–Crippen MR) is 134 cm³/mol. The minimum atomic E-state index is -0.198. The summed E-state index contributed by atoms with van der Waals surface area (Å²) in [7, 11) is 1.62. The van der Waals surface area contributed by atoms with Gasteiger partial charge in [-0.2, -0.15) is 5.10 Å². The second-order valence-electron chi connectivity index (χ2n) is 8.41. The first-order valence-corrected chi connectivity index (χ1v) is 11.2. The Morgan fingerprint density at radius 1 is 1.11 bits per heavy atom. The lowest BCUT2D eigenvalue weighted by molar-refractivity contribution is 0.0950. The summed E-state index contributed by atoms with van der Waals surface area (Å²) in [6, 6.07) is 9.61. The molecule has 2 aromatic carbocycles. The number of hydrogen-bond acceptors (Lipinski definition) is 7. The molecule has 3 N–H and O–H groups in total. The van der Waals surface area contributed by atoms with Gasteiger partial charge in [-0.25, -0.2) is 15.0 Å². The molecule has 0 bridgehead atoms. The Labute approximate surface area is 202 Å². The smallest absolute Gasteiger partial charge is 0.254 e. The highest BCUT2D eigenvalue weighted by Gasteiger charge is 2.14. The fraction of sp³-hybridized carbons (Fsp3) is 0.192. The molecule has 5 aromatic rings. The third-order valence-corrected chi connectivity index (χ3v) is 6.18. The molecule has 0 aliphatic heterocycles. The van der Waals surface area contributed by atoms with Gasteiger partial charge >= 0.3 is 0 Å². The molecule has 3 heterocycles. The van der Waals surface area contributed by atoms with Crippen LogP contribution in [0.25, 0.3) is 21.7 Å². The number of hydrogen-bond donors (Lipinski definition) is 2. The van der Waals surface area contributed by atoms with E-state index in [0.717, 1.165) is 44.1 Å².